The largest absolute Gasteiger partial charge is 0.481 e. The van der Waals surface area contributed by atoms with Crippen molar-refractivity contribution >= 4 is 16.0 Å². The van der Waals surface area contributed by atoms with Gasteiger partial charge in [0.1, 0.15) is 0 Å². The van der Waals surface area contributed by atoms with Gasteiger partial charge in [-0.05, 0) is 19.8 Å². The molecule has 0 saturated carbocycles. The summed E-state index contributed by atoms with van der Waals surface area (Å²) in [6.45, 7) is 3.38. The number of carbonyl (C=O) groups is 1. The lowest BCUT2D eigenvalue weighted by Crippen LogP contribution is -2.42. The van der Waals surface area contributed by atoms with Gasteiger partial charge in [-0.15, -0.1) is 0 Å². The van der Waals surface area contributed by atoms with Crippen molar-refractivity contribution in [3.05, 3.63) is 0 Å². The Hall–Kier alpha value is -1.13. The van der Waals surface area contributed by atoms with E-state index < -0.39 is 33.2 Å². The lowest BCUT2D eigenvalue weighted by atomic mass is 10.0. The van der Waals surface area contributed by atoms with Crippen LogP contribution in [0.1, 0.15) is 26.7 Å². The van der Waals surface area contributed by atoms with Crippen LogP contribution in [0.2, 0.25) is 0 Å². The van der Waals surface area contributed by atoms with Crippen LogP contribution in [0, 0.1) is 17.2 Å². The Kier molecular flexibility index (Phi) is 4.11. The van der Waals surface area contributed by atoms with Gasteiger partial charge < -0.3 is 5.11 Å². The maximum absolute atomic E-state index is 12.1. The van der Waals surface area contributed by atoms with Crippen LogP contribution in [0.3, 0.4) is 0 Å². The van der Waals surface area contributed by atoms with E-state index in [2.05, 4.69) is 0 Å². The average molecular weight is 260 g/mol. The normalized spacial score (nSPS) is 27.6. The third kappa shape index (κ3) is 2.42. The summed E-state index contributed by atoms with van der Waals surface area (Å²) in [6, 6.07) is 1.17. The molecule has 1 saturated heterocycles. The van der Waals surface area contributed by atoms with Gasteiger partial charge in [0.2, 0.25) is 10.0 Å². The molecule has 1 aliphatic heterocycles. The number of nitrogens with zero attached hydrogens (tertiary/aromatic N) is 2. The molecule has 0 aromatic heterocycles. The molecule has 3 atom stereocenters. The SMILES string of the molecule is CCC(C#N)S(=O)(=O)N1CCC(C(=O)O)C1C. The lowest BCUT2D eigenvalue weighted by Gasteiger charge is -2.24. The number of sulfonamides is 1. The first-order valence-corrected chi connectivity index (χ1v) is 6.99. The first-order valence-electron chi connectivity index (χ1n) is 5.49. The molecule has 6 nitrogen and oxygen atoms in total. The molecule has 0 spiro atoms. The zero-order valence-electron chi connectivity index (χ0n) is 9.83. The summed E-state index contributed by atoms with van der Waals surface area (Å²) in [5.74, 6) is -1.67. The molecule has 0 aliphatic carbocycles. The third-order valence-electron chi connectivity index (χ3n) is 3.22. The molecule has 7 heteroatoms. The number of nitriles is 1. The minimum Gasteiger partial charge on any atom is -0.481 e. The molecule has 0 bridgehead atoms. The Labute approximate surface area is 101 Å². The highest BCUT2D eigenvalue weighted by Crippen LogP contribution is 2.29. The molecule has 1 N–H and O–H groups in total. The van der Waals surface area contributed by atoms with Gasteiger partial charge in [-0.1, -0.05) is 6.92 Å². The van der Waals surface area contributed by atoms with E-state index >= 15 is 0 Å². The number of hydrogen-bond acceptors (Lipinski definition) is 4. The van der Waals surface area contributed by atoms with Crippen LogP contribution in [0.25, 0.3) is 0 Å². The van der Waals surface area contributed by atoms with Crippen LogP contribution in [0.4, 0.5) is 0 Å². The van der Waals surface area contributed by atoms with Crippen molar-refractivity contribution in [2.24, 2.45) is 5.92 Å². The van der Waals surface area contributed by atoms with Gasteiger partial charge in [0, 0.05) is 12.6 Å². The number of carboxylic acids is 1. The van der Waals surface area contributed by atoms with E-state index in [0.29, 0.717) is 6.42 Å². The Morgan fingerprint density at radius 2 is 2.24 bits per heavy atom. The van der Waals surface area contributed by atoms with E-state index in [-0.39, 0.29) is 13.0 Å². The number of carboxylic acid groups (broad SMARTS) is 1. The van der Waals surface area contributed by atoms with Gasteiger partial charge in [0.15, 0.2) is 5.25 Å². The predicted octanol–water partition coefficient (Wildman–Crippen LogP) is 0.413. The van der Waals surface area contributed by atoms with Gasteiger partial charge in [-0.2, -0.15) is 9.57 Å². The summed E-state index contributed by atoms with van der Waals surface area (Å²) in [7, 11) is -3.71. The molecule has 96 valence electrons. The fourth-order valence-electron chi connectivity index (χ4n) is 2.13. The highest BCUT2D eigenvalue weighted by atomic mass is 32.2. The van der Waals surface area contributed by atoms with Gasteiger partial charge in [-0.25, -0.2) is 8.42 Å². The molecule has 1 aliphatic rings. The van der Waals surface area contributed by atoms with Gasteiger partial charge in [-0.3, -0.25) is 4.79 Å². The summed E-state index contributed by atoms with van der Waals surface area (Å²) in [4.78, 5) is 10.9. The molecule has 0 radical (unpaired) electrons. The topological polar surface area (TPSA) is 98.5 Å². The second-order valence-corrected chi connectivity index (χ2v) is 6.22. The predicted molar refractivity (Wildman–Crippen MR) is 60.5 cm³/mol. The van der Waals surface area contributed by atoms with Crippen LogP contribution in [-0.4, -0.2) is 41.6 Å². The Balaban J connectivity index is 2.97. The van der Waals surface area contributed by atoms with Gasteiger partial charge in [0.25, 0.3) is 0 Å². The van der Waals surface area contributed by atoms with Crippen molar-refractivity contribution in [3.63, 3.8) is 0 Å². The molecule has 17 heavy (non-hydrogen) atoms. The van der Waals surface area contributed by atoms with Crippen LogP contribution in [0.15, 0.2) is 0 Å². The van der Waals surface area contributed by atoms with E-state index in [1.165, 1.54) is 0 Å². The van der Waals surface area contributed by atoms with Crippen LogP contribution in [-0.2, 0) is 14.8 Å². The fraction of sp³-hybridized carbons (Fsp3) is 0.800. The molecule has 0 aromatic carbocycles. The van der Waals surface area contributed by atoms with E-state index in [0.717, 1.165) is 4.31 Å². The van der Waals surface area contributed by atoms with Crippen molar-refractivity contribution in [1.82, 2.24) is 4.31 Å². The zero-order chi connectivity index (χ0) is 13.2. The number of rotatable bonds is 4. The fourth-order valence-corrected chi connectivity index (χ4v) is 3.98. The Morgan fingerprint density at radius 1 is 1.65 bits per heavy atom. The third-order valence-corrected chi connectivity index (χ3v) is 5.54. The van der Waals surface area contributed by atoms with E-state index in [9.17, 15) is 13.2 Å². The summed E-state index contributed by atoms with van der Waals surface area (Å²) in [6.07, 6.45) is 0.511. The molecule has 0 aromatic rings. The number of aliphatic carboxylic acids is 1. The minimum atomic E-state index is -3.71. The maximum Gasteiger partial charge on any atom is 0.308 e. The summed E-state index contributed by atoms with van der Waals surface area (Å²) in [5, 5.41) is 16.7. The molecule has 1 fully saturated rings. The summed E-state index contributed by atoms with van der Waals surface area (Å²) < 4.78 is 25.3. The quantitative estimate of drug-likeness (QED) is 0.789. The minimum absolute atomic E-state index is 0.179. The summed E-state index contributed by atoms with van der Waals surface area (Å²) >= 11 is 0. The molecule has 1 heterocycles. The van der Waals surface area contributed by atoms with Crippen molar-refractivity contribution in [1.29, 1.82) is 5.26 Å². The van der Waals surface area contributed by atoms with Crippen molar-refractivity contribution in [3.8, 4) is 6.07 Å². The first-order chi connectivity index (χ1) is 7.86. The van der Waals surface area contributed by atoms with Crippen LogP contribution < -0.4 is 0 Å². The highest BCUT2D eigenvalue weighted by Gasteiger charge is 2.44. The molecule has 1 rings (SSSR count). The van der Waals surface area contributed by atoms with E-state index in [1.54, 1.807) is 19.9 Å². The van der Waals surface area contributed by atoms with Crippen molar-refractivity contribution in [2.75, 3.05) is 6.54 Å². The van der Waals surface area contributed by atoms with E-state index in [4.69, 9.17) is 10.4 Å². The monoisotopic (exact) mass is 260 g/mol. The maximum atomic E-state index is 12.1. The highest BCUT2D eigenvalue weighted by molar-refractivity contribution is 7.90. The van der Waals surface area contributed by atoms with Gasteiger partial charge in [0.05, 0.1) is 12.0 Å². The standard InChI is InChI=1S/C10H16N2O4S/c1-3-8(6-11)17(15,16)12-5-4-9(7(12)2)10(13)14/h7-9H,3-5H2,1-2H3,(H,13,14). The summed E-state index contributed by atoms with van der Waals surface area (Å²) in [5.41, 5.74) is 0. The number of hydrogen-bond donors (Lipinski definition) is 1. The molecule has 0 amide bonds. The lowest BCUT2D eigenvalue weighted by molar-refractivity contribution is -0.142. The Morgan fingerprint density at radius 3 is 2.59 bits per heavy atom. The van der Waals surface area contributed by atoms with Gasteiger partial charge >= 0.3 is 5.97 Å². The molecule has 3 unspecified atom stereocenters. The van der Waals surface area contributed by atoms with E-state index in [1.807, 2.05) is 0 Å². The second kappa shape index (κ2) is 5.02. The van der Waals surface area contributed by atoms with Crippen LogP contribution in [0.5, 0.6) is 0 Å². The zero-order valence-corrected chi connectivity index (χ0v) is 10.6. The average Bonchev–Trinajstić information content (AvgIpc) is 2.62. The Bertz CT molecular complexity index is 440. The van der Waals surface area contributed by atoms with Crippen molar-refractivity contribution < 1.29 is 18.3 Å². The smallest absolute Gasteiger partial charge is 0.308 e. The second-order valence-electron chi connectivity index (χ2n) is 4.16. The first kappa shape index (κ1) is 13.9. The van der Waals surface area contributed by atoms with Crippen LogP contribution >= 0.6 is 0 Å². The van der Waals surface area contributed by atoms with Crippen molar-refractivity contribution in [2.45, 2.75) is 38.0 Å². The molecular formula is C10H16N2O4S. The molecular weight excluding hydrogens is 244 g/mol.